The fourth-order valence-electron chi connectivity index (χ4n) is 3.49. The van der Waals surface area contributed by atoms with E-state index in [1.807, 2.05) is 57.2 Å². The number of aliphatic imine (C=N–C) groups is 1. The number of amides is 2. The highest BCUT2D eigenvalue weighted by molar-refractivity contribution is 7.28. The Labute approximate surface area is 188 Å². The van der Waals surface area contributed by atoms with E-state index in [-0.39, 0.29) is 18.1 Å². The molecule has 1 aliphatic rings. The Morgan fingerprint density at radius 2 is 1.84 bits per heavy atom. The Kier molecular flexibility index (Phi) is 5.85. The SMILES string of the molecule is Cc1ccc(-c2nc(C(=O)N=C3COc4cc(C)ccc4N(C)C3=O)ncc2C)c(P)c1. The van der Waals surface area contributed by atoms with Gasteiger partial charge in [0.1, 0.15) is 18.1 Å². The minimum absolute atomic E-state index is 0.000787. The second kappa shape index (κ2) is 8.60. The van der Waals surface area contributed by atoms with Crippen LogP contribution in [0.3, 0.4) is 0 Å². The number of benzene rings is 2. The largest absolute Gasteiger partial charge is 0.485 e. The second-order valence-electron chi connectivity index (χ2n) is 7.80. The van der Waals surface area contributed by atoms with Crippen LogP contribution in [0, 0.1) is 20.8 Å². The summed E-state index contributed by atoms with van der Waals surface area (Å²) in [4.78, 5) is 39.9. The number of aryl methyl sites for hydroxylation is 3. The molecule has 162 valence electrons. The molecule has 1 atom stereocenters. The lowest BCUT2D eigenvalue weighted by molar-refractivity contribution is -0.112. The fraction of sp³-hybridized carbons (Fsp3) is 0.208. The molecule has 3 aromatic rings. The lowest BCUT2D eigenvalue weighted by Gasteiger charge is -2.16. The Morgan fingerprint density at radius 1 is 1.12 bits per heavy atom. The number of rotatable bonds is 2. The van der Waals surface area contributed by atoms with E-state index in [2.05, 4.69) is 24.2 Å². The molecule has 2 heterocycles. The van der Waals surface area contributed by atoms with Crippen LogP contribution < -0.4 is 14.9 Å². The van der Waals surface area contributed by atoms with E-state index in [0.717, 1.165) is 27.6 Å². The van der Waals surface area contributed by atoms with Crippen LogP contribution in [0.5, 0.6) is 5.75 Å². The molecule has 8 heteroatoms. The first kappa shape index (κ1) is 21.8. The minimum Gasteiger partial charge on any atom is -0.485 e. The molecular weight excluding hydrogens is 423 g/mol. The standard InChI is InChI=1S/C24H23N4O3P/c1-13-6-8-18-19(9-13)31-12-17(24(30)28(18)4)26-23(29)22-25-11-15(3)21(27-22)16-7-5-14(2)10-20(16)32/h5-11H,12,32H2,1-4H3. The van der Waals surface area contributed by atoms with Crippen LogP contribution in [-0.2, 0) is 4.79 Å². The molecule has 1 aromatic heterocycles. The van der Waals surface area contributed by atoms with Crippen molar-refractivity contribution in [1.29, 1.82) is 0 Å². The molecule has 2 amide bonds. The number of ether oxygens (including phenoxy) is 1. The molecule has 4 rings (SSSR count). The van der Waals surface area contributed by atoms with Gasteiger partial charge in [0.2, 0.25) is 5.82 Å². The molecular formula is C24H23N4O3P. The van der Waals surface area contributed by atoms with Crippen molar-refractivity contribution in [2.24, 2.45) is 4.99 Å². The zero-order chi connectivity index (χ0) is 23.0. The first-order valence-electron chi connectivity index (χ1n) is 10.1. The van der Waals surface area contributed by atoms with Crippen LogP contribution in [0.2, 0.25) is 0 Å². The lowest BCUT2D eigenvalue weighted by Crippen LogP contribution is -2.34. The molecule has 7 nitrogen and oxygen atoms in total. The Bertz CT molecular complexity index is 1290. The van der Waals surface area contributed by atoms with Gasteiger partial charge in [-0.2, -0.15) is 0 Å². The predicted molar refractivity (Wildman–Crippen MR) is 128 cm³/mol. The Morgan fingerprint density at radius 3 is 2.59 bits per heavy atom. The summed E-state index contributed by atoms with van der Waals surface area (Å²) >= 11 is 0. The number of fused-ring (bicyclic) bond motifs is 1. The van der Waals surface area contributed by atoms with Crippen LogP contribution >= 0.6 is 9.24 Å². The molecule has 0 spiro atoms. The van der Waals surface area contributed by atoms with Gasteiger partial charge in [-0.25, -0.2) is 15.0 Å². The Hall–Kier alpha value is -3.44. The topological polar surface area (TPSA) is 84.8 Å². The van der Waals surface area contributed by atoms with Gasteiger partial charge in [0.15, 0.2) is 0 Å². The quantitative estimate of drug-likeness (QED) is 0.565. The molecule has 1 unspecified atom stereocenters. The van der Waals surface area contributed by atoms with E-state index >= 15 is 0 Å². The average molecular weight is 446 g/mol. The summed E-state index contributed by atoms with van der Waals surface area (Å²) in [5, 5.41) is 0.971. The lowest BCUT2D eigenvalue weighted by atomic mass is 10.1. The van der Waals surface area contributed by atoms with Crippen molar-refractivity contribution >= 4 is 37.8 Å². The second-order valence-corrected chi connectivity index (χ2v) is 8.43. The van der Waals surface area contributed by atoms with Crippen molar-refractivity contribution in [3.05, 3.63) is 65.1 Å². The highest BCUT2D eigenvalue weighted by Crippen LogP contribution is 2.31. The highest BCUT2D eigenvalue weighted by atomic mass is 31.0. The first-order valence-corrected chi connectivity index (χ1v) is 10.7. The predicted octanol–water partition coefficient (Wildman–Crippen LogP) is 3.21. The summed E-state index contributed by atoms with van der Waals surface area (Å²) in [6, 6.07) is 11.5. The number of anilines is 1. The van der Waals surface area contributed by atoms with Crippen LogP contribution in [0.15, 0.2) is 47.6 Å². The number of carbonyl (C=O) groups excluding carboxylic acids is 2. The smallest absolute Gasteiger partial charge is 0.315 e. The summed E-state index contributed by atoms with van der Waals surface area (Å²) in [5.41, 5.74) is 5.13. The molecule has 0 N–H and O–H groups in total. The first-order chi connectivity index (χ1) is 15.2. The van der Waals surface area contributed by atoms with E-state index < -0.39 is 11.8 Å². The normalized spacial score (nSPS) is 14.7. The van der Waals surface area contributed by atoms with Gasteiger partial charge in [0.05, 0.1) is 11.4 Å². The van der Waals surface area contributed by atoms with Gasteiger partial charge in [-0.1, -0.05) is 29.8 Å². The molecule has 0 saturated carbocycles. The third-order valence-electron chi connectivity index (χ3n) is 5.25. The molecule has 0 saturated heterocycles. The van der Waals surface area contributed by atoms with E-state index in [1.54, 1.807) is 13.2 Å². The summed E-state index contributed by atoms with van der Waals surface area (Å²) in [7, 11) is 4.32. The third kappa shape index (κ3) is 4.16. The van der Waals surface area contributed by atoms with E-state index in [4.69, 9.17) is 4.74 Å². The maximum Gasteiger partial charge on any atom is 0.315 e. The molecule has 0 fully saturated rings. The van der Waals surface area contributed by atoms with Gasteiger partial charge < -0.3 is 9.64 Å². The van der Waals surface area contributed by atoms with Crippen molar-refractivity contribution in [2.75, 3.05) is 18.6 Å². The molecule has 32 heavy (non-hydrogen) atoms. The maximum atomic E-state index is 12.9. The molecule has 0 bridgehead atoms. The van der Waals surface area contributed by atoms with E-state index in [0.29, 0.717) is 17.1 Å². The van der Waals surface area contributed by atoms with Gasteiger partial charge >= 0.3 is 5.91 Å². The number of nitrogens with zero attached hydrogens (tertiary/aromatic N) is 4. The summed E-state index contributed by atoms with van der Waals surface area (Å²) in [6.07, 6.45) is 1.59. The molecule has 0 radical (unpaired) electrons. The summed E-state index contributed by atoms with van der Waals surface area (Å²) in [6.45, 7) is 5.72. The van der Waals surface area contributed by atoms with Crippen molar-refractivity contribution in [3.63, 3.8) is 0 Å². The zero-order valence-corrected chi connectivity index (χ0v) is 19.5. The summed E-state index contributed by atoms with van der Waals surface area (Å²) < 4.78 is 5.77. The minimum atomic E-state index is -0.689. The maximum absolute atomic E-state index is 12.9. The van der Waals surface area contributed by atoms with Crippen molar-refractivity contribution in [2.45, 2.75) is 20.8 Å². The van der Waals surface area contributed by atoms with E-state index in [1.165, 1.54) is 4.90 Å². The van der Waals surface area contributed by atoms with Crippen LogP contribution in [0.4, 0.5) is 5.69 Å². The zero-order valence-electron chi connectivity index (χ0n) is 18.3. The average Bonchev–Trinajstić information content (AvgIpc) is 2.86. The molecule has 2 aromatic carbocycles. The van der Waals surface area contributed by atoms with Crippen molar-refractivity contribution in [1.82, 2.24) is 9.97 Å². The van der Waals surface area contributed by atoms with Crippen molar-refractivity contribution < 1.29 is 14.3 Å². The van der Waals surface area contributed by atoms with Gasteiger partial charge in [-0.05, 0) is 49.3 Å². The monoisotopic (exact) mass is 446 g/mol. The van der Waals surface area contributed by atoms with Crippen LogP contribution in [0.1, 0.15) is 27.3 Å². The van der Waals surface area contributed by atoms with Crippen LogP contribution in [-0.4, -0.2) is 41.1 Å². The summed E-state index contributed by atoms with van der Waals surface area (Å²) in [5.74, 6) is -0.596. The van der Waals surface area contributed by atoms with Gasteiger partial charge in [-0.15, -0.1) is 9.24 Å². The molecule has 0 aliphatic carbocycles. The number of hydrogen-bond donors (Lipinski definition) is 0. The highest BCUT2D eigenvalue weighted by Gasteiger charge is 2.27. The number of aromatic nitrogens is 2. The number of carbonyl (C=O) groups is 2. The third-order valence-corrected chi connectivity index (χ3v) is 5.73. The Balaban J connectivity index is 1.67. The fourth-order valence-corrected chi connectivity index (χ4v) is 3.99. The van der Waals surface area contributed by atoms with Crippen LogP contribution in [0.25, 0.3) is 11.3 Å². The van der Waals surface area contributed by atoms with Crippen molar-refractivity contribution in [3.8, 4) is 17.0 Å². The van der Waals surface area contributed by atoms with Gasteiger partial charge in [-0.3, -0.25) is 9.59 Å². The van der Waals surface area contributed by atoms with E-state index in [9.17, 15) is 9.59 Å². The molecule has 1 aliphatic heterocycles. The van der Waals surface area contributed by atoms with Gasteiger partial charge in [0.25, 0.3) is 5.91 Å². The number of hydrogen-bond acceptors (Lipinski definition) is 5. The van der Waals surface area contributed by atoms with Gasteiger partial charge in [0, 0.05) is 18.8 Å².